The Hall–Kier alpha value is -1.48. The Morgan fingerprint density at radius 3 is 2.39 bits per heavy atom. The molecular weight excluding hydrogens is 288 g/mol. The lowest BCUT2D eigenvalue weighted by Crippen LogP contribution is -1.96. The average molecular weight is 318 g/mol. The molecule has 128 valence electrons. The quantitative estimate of drug-likeness (QED) is 0.348. The number of hydrogen-bond donors (Lipinski definition) is 0. The number of fused-ring (bicyclic) bond motifs is 1. The summed E-state index contributed by atoms with van der Waals surface area (Å²) >= 11 is 0. The zero-order valence-corrected chi connectivity index (χ0v) is 14.2. The van der Waals surface area contributed by atoms with E-state index in [-0.39, 0.29) is 0 Å². The number of allylic oxidation sites excluding steroid dienone is 1. The van der Waals surface area contributed by atoms with Gasteiger partial charge < -0.3 is 14.2 Å². The second-order valence-electron chi connectivity index (χ2n) is 6.15. The molecule has 1 aromatic carbocycles. The molecule has 1 aliphatic heterocycles. The maximum absolute atomic E-state index is 5.75. The lowest BCUT2D eigenvalue weighted by molar-refractivity contribution is 0.116. The van der Waals surface area contributed by atoms with Crippen LogP contribution in [0.1, 0.15) is 63.4 Å². The van der Waals surface area contributed by atoms with Crippen molar-refractivity contribution in [2.45, 2.75) is 64.4 Å². The fourth-order valence-electron chi connectivity index (χ4n) is 2.77. The first-order valence-electron chi connectivity index (χ1n) is 8.97. The van der Waals surface area contributed by atoms with Crippen molar-refractivity contribution < 1.29 is 14.2 Å². The molecule has 0 saturated carbocycles. The summed E-state index contributed by atoms with van der Waals surface area (Å²) in [6.07, 6.45) is 13.7. The van der Waals surface area contributed by atoms with Gasteiger partial charge in [0.15, 0.2) is 11.5 Å². The largest absolute Gasteiger partial charge is 0.454 e. The first-order chi connectivity index (χ1) is 11.4. The molecule has 0 amide bonds. The zero-order valence-electron chi connectivity index (χ0n) is 14.2. The molecule has 0 aromatic heterocycles. The van der Waals surface area contributed by atoms with E-state index < -0.39 is 0 Å². The SMILES string of the molecule is C=CCCCCCCCCCCOCc1ccc2c(c1)OCO2. The standard InChI is InChI=1S/C20H30O3/c1-2-3-4-5-6-7-8-9-10-11-14-21-16-18-12-13-19-20(15-18)23-17-22-19/h2,12-13,15H,1,3-11,14,16-17H2. The van der Waals surface area contributed by atoms with Gasteiger partial charge in [0.25, 0.3) is 0 Å². The zero-order chi connectivity index (χ0) is 16.2. The molecule has 0 unspecified atom stereocenters. The number of hydrogen-bond acceptors (Lipinski definition) is 3. The maximum atomic E-state index is 5.75. The third kappa shape index (κ3) is 7.08. The minimum Gasteiger partial charge on any atom is -0.454 e. The highest BCUT2D eigenvalue weighted by atomic mass is 16.7. The van der Waals surface area contributed by atoms with Gasteiger partial charge in [-0.3, -0.25) is 0 Å². The summed E-state index contributed by atoms with van der Waals surface area (Å²) in [7, 11) is 0. The molecule has 0 spiro atoms. The van der Waals surface area contributed by atoms with Crippen LogP contribution in [-0.2, 0) is 11.3 Å². The van der Waals surface area contributed by atoms with Gasteiger partial charge in [-0.2, -0.15) is 0 Å². The molecule has 1 heterocycles. The lowest BCUT2D eigenvalue weighted by Gasteiger charge is -2.06. The summed E-state index contributed by atoms with van der Waals surface area (Å²) in [5, 5.41) is 0. The Bertz CT molecular complexity index is 456. The van der Waals surface area contributed by atoms with E-state index in [2.05, 4.69) is 6.58 Å². The van der Waals surface area contributed by atoms with Crippen LogP contribution in [0.5, 0.6) is 11.5 Å². The van der Waals surface area contributed by atoms with E-state index >= 15 is 0 Å². The molecular formula is C20H30O3. The summed E-state index contributed by atoms with van der Waals surface area (Å²) in [4.78, 5) is 0. The molecule has 0 aliphatic carbocycles. The van der Waals surface area contributed by atoms with Crippen LogP contribution in [0.15, 0.2) is 30.9 Å². The predicted octanol–water partition coefficient (Wildman–Crippen LogP) is 5.63. The van der Waals surface area contributed by atoms with Gasteiger partial charge in [-0.05, 0) is 37.0 Å². The number of benzene rings is 1. The van der Waals surface area contributed by atoms with Crippen LogP contribution >= 0.6 is 0 Å². The molecule has 3 nitrogen and oxygen atoms in total. The van der Waals surface area contributed by atoms with Crippen molar-refractivity contribution in [3.63, 3.8) is 0 Å². The van der Waals surface area contributed by atoms with Crippen LogP contribution in [0, 0.1) is 0 Å². The van der Waals surface area contributed by atoms with Crippen LogP contribution in [0.4, 0.5) is 0 Å². The third-order valence-corrected chi connectivity index (χ3v) is 4.15. The molecule has 0 bridgehead atoms. The molecule has 0 N–H and O–H groups in total. The van der Waals surface area contributed by atoms with Crippen molar-refractivity contribution in [2.75, 3.05) is 13.4 Å². The Morgan fingerprint density at radius 2 is 1.61 bits per heavy atom. The first-order valence-corrected chi connectivity index (χ1v) is 8.97. The normalized spacial score (nSPS) is 12.5. The number of unbranched alkanes of at least 4 members (excludes halogenated alkanes) is 8. The molecule has 0 saturated heterocycles. The lowest BCUT2D eigenvalue weighted by atomic mass is 10.1. The molecule has 23 heavy (non-hydrogen) atoms. The van der Waals surface area contributed by atoms with Gasteiger partial charge in [0.2, 0.25) is 6.79 Å². The molecule has 0 radical (unpaired) electrons. The van der Waals surface area contributed by atoms with Crippen LogP contribution in [0.2, 0.25) is 0 Å². The van der Waals surface area contributed by atoms with E-state index in [1.807, 2.05) is 24.3 Å². The van der Waals surface area contributed by atoms with Gasteiger partial charge in [0.05, 0.1) is 6.61 Å². The molecule has 0 fully saturated rings. The van der Waals surface area contributed by atoms with Crippen LogP contribution in [-0.4, -0.2) is 13.4 Å². The highest BCUT2D eigenvalue weighted by Crippen LogP contribution is 2.32. The number of rotatable bonds is 13. The Balaban J connectivity index is 1.40. The van der Waals surface area contributed by atoms with E-state index in [1.54, 1.807) is 0 Å². The Morgan fingerprint density at radius 1 is 0.913 bits per heavy atom. The Labute approximate surface area is 140 Å². The van der Waals surface area contributed by atoms with E-state index in [9.17, 15) is 0 Å². The summed E-state index contributed by atoms with van der Waals surface area (Å²) in [6, 6.07) is 6.00. The monoisotopic (exact) mass is 318 g/mol. The van der Waals surface area contributed by atoms with Crippen molar-refractivity contribution in [1.82, 2.24) is 0 Å². The molecule has 1 aromatic rings. The minimum absolute atomic E-state index is 0.327. The second kappa shape index (κ2) is 11.1. The summed E-state index contributed by atoms with van der Waals surface area (Å²) in [5.41, 5.74) is 1.15. The van der Waals surface area contributed by atoms with Gasteiger partial charge >= 0.3 is 0 Å². The topological polar surface area (TPSA) is 27.7 Å². The molecule has 3 heteroatoms. The van der Waals surface area contributed by atoms with Gasteiger partial charge in [-0.1, -0.05) is 50.7 Å². The summed E-state index contributed by atoms with van der Waals surface area (Å²) in [6.45, 7) is 5.58. The maximum Gasteiger partial charge on any atom is 0.231 e. The highest BCUT2D eigenvalue weighted by molar-refractivity contribution is 5.44. The van der Waals surface area contributed by atoms with E-state index in [4.69, 9.17) is 14.2 Å². The first kappa shape index (κ1) is 17.9. The van der Waals surface area contributed by atoms with E-state index in [1.165, 1.54) is 51.4 Å². The van der Waals surface area contributed by atoms with Crippen molar-refractivity contribution in [2.24, 2.45) is 0 Å². The van der Waals surface area contributed by atoms with Gasteiger partial charge in [0.1, 0.15) is 0 Å². The minimum atomic E-state index is 0.327. The highest BCUT2D eigenvalue weighted by Gasteiger charge is 2.12. The molecule has 1 aliphatic rings. The summed E-state index contributed by atoms with van der Waals surface area (Å²) in [5.74, 6) is 1.66. The Kier molecular flexibility index (Phi) is 8.64. The average Bonchev–Trinajstić information content (AvgIpc) is 3.03. The van der Waals surface area contributed by atoms with Crippen molar-refractivity contribution in [3.8, 4) is 11.5 Å². The smallest absolute Gasteiger partial charge is 0.231 e. The van der Waals surface area contributed by atoms with Gasteiger partial charge in [-0.15, -0.1) is 6.58 Å². The van der Waals surface area contributed by atoms with E-state index in [0.717, 1.165) is 30.1 Å². The van der Waals surface area contributed by atoms with Crippen molar-refractivity contribution in [1.29, 1.82) is 0 Å². The number of ether oxygens (including phenoxy) is 3. The third-order valence-electron chi connectivity index (χ3n) is 4.15. The summed E-state index contributed by atoms with van der Waals surface area (Å²) < 4.78 is 16.4. The van der Waals surface area contributed by atoms with Crippen LogP contribution in [0.3, 0.4) is 0 Å². The van der Waals surface area contributed by atoms with Gasteiger partial charge in [0, 0.05) is 6.61 Å². The second-order valence-corrected chi connectivity index (χ2v) is 6.15. The van der Waals surface area contributed by atoms with E-state index in [0.29, 0.717) is 13.4 Å². The fraction of sp³-hybridized carbons (Fsp3) is 0.600. The van der Waals surface area contributed by atoms with Crippen LogP contribution in [0.25, 0.3) is 0 Å². The van der Waals surface area contributed by atoms with Crippen molar-refractivity contribution >= 4 is 0 Å². The fourth-order valence-corrected chi connectivity index (χ4v) is 2.77. The molecule has 0 atom stereocenters. The van der Waals surface area contributed by atoms with Gasteiger partial charge in [-0.25, -0.2) is 0 Å². The van der Waals surface area contributed by atoms with Crippen molar-refractivity contribution in [3.05, 3.63) is 36.4 Å². The van der Waals surface area contributed by atoms with Crippen LogP contribution < -0.4 is 9.47 Å². The predicted molar refractivity (Wildman–Crippen MR) is 94.0 cm³/mol. The molecule has 2 rings (SSSR count).